The zero-order valence-corrected chi connectivity index (χ0v) is 17.0. The highest BCUT2D eigenvalue weighted by Crippen LogP contribution is 2.01. The molecule has 0 bridgehead atoms. The van der Waals surface area contributed by atoms with Gasteiger partial charge in [0.15, 0.2) is 0 Å². The molecule has 4 amide bonds. The van der Waals surface area contributed by atoms with Gasteiger partial charge in [-0.2, -0.15) is 12.6 Å². The van der Waals surface area contributed by atoms with E-state index in [4.69, 9.17) is 10.8 Å². The molecule has 0 spiro atoms. The van der Waals surface area contributed by atoms with Gasteiger partial charge in [-0.3, -0.25) is 19.2 Å². The van der Waals surface area contributed by atoms with E-state index >= 15 is 0 Å². The van der Waals surface area contributed by atoms with E-state index in [9.17, 15) is 24.0 Å². The molecule has 1 rings (SSSR count). The third-order valence-corrected chi connectivity index (χ3v) is 4.13. The highest BCUT2D eigenvalue weighted by molar-refractivity contribution is 7.80. The smallest absolute Gasteiger partial charge is 0.327 e. The van der Waals surface area contributed by atoms with E-state index in [2.05, 4.69) is 33.9 Å². The molecule has 0 fully saturated rings. The van der Waals surface area contributed by atoms with Gasteiger partial charge in [-0.05, 0) is 12.0 Å². The molecule has 0 radical (unpaired) electrons. The molecule has 0 aliphatic heterocycles. The third kappa shape index (κ3) is 9.89. The minimum absolute atomic E-state index is 0.105. The van der Waals surface area contributed by atoms with Crippen LogP contribution in [0.3, 0.4) is 0 Å². The van der Waals surface area contributed by atoms with Crippen LogP contribution in [0.1, 0.15) is 5.56 Å². The number of carbonyl (C=O) groups excluding carboxylic acids is 4. The molecule has 2 atom stereocenters. The first-order valence-electron chi connectivity index (χ1n) is 8.96. The number of thiol groups is 1. The quantitative estimate of drug-likeness (QED) is 0.174. The molecule has 7 N–H and O–H groups in total. The minimum Gasteiger partial charge on any atom is -0.480 e. The summed E-state index contributed by atoms with van der Waals surface area (Å²) in [7, 11) is 0. The Bertz CT molecular complexity index is 761. The lowest BCUT2D eigenvalue weighted by Crippen LogP contribution is -2.49. The molecule has 11 nitrogen and oxygen atoms in total. The maximum atomic E-state index is 11.9. The van der Waals surface area contributed by atoms with E-state index in [1.165, 1.54) is 0 Å². The van der Waals surface area contributed by atoms with Crippen LogP contribution in [0.4, 0.5) is 0 Å². The maximum Gasteiger partial charge on any atom is 0.327 e. The monoisotopic (exact) mass is 439 g/mol. The summed E-state index contributed by atoms with van der Waals surface area (Å²) in [6, 6.07) is 7.16. The summed E-state index contributed by atoms with van der Waals surface area (Å²) in [4.78, 5) is 57.7. The molecule has 0 aliphatic rings. The number of carboxylic acids is 1. The number of aliphatic carboxylic acids is 1. The highest BCUT2D eigenvalue weighted by Gasteiger charge is 2.18. The molecule has 164 valence electrons. The standard InChI is InChI=1S/C18H25N5O6S/c19-12(6-11-4-2-1-3-5-11)17(27)22-8-15(25)20-7-14(24)21-9-16(26)23-13(10-30)18(28)29/h1-5,12-13,30H,6-10,19H2,(H,20,25)(H,21,24)(H,22,27)(H,23,26)(H,28,29)/t12-,13-/m0/s1. The average molecular weight is 439 g/mol. The second-order valence-electron chi connectivity index (χ2n) is 6.21. The first kappa shape index (κ1) is 24.9. The molecule has 0 saturated carbocycles. The summed E-state index contributed by atoms with van der Waals surface area (Å²) in [6.07, 6.45) is 0.314. The number of hydrogen-bond acceptors (Lipinski definition) is 7. The molecular weight excluding hydrogens is 414 g/mol. The van der Waals surface area contributed by atoms with Crippen molar-refractivity contribution in [3.05, 3.63) is 35.9 Å². The zero-order chi connectivity index (χ0) is 22.5. The van der Waals surface area contributed by atoms with E-state index in [0.717, 1.165) is 5.56 Å². The van der Waals surface area contributed by atoms with E-state index in [-0.39, 0.29) is 12.3 Å². The Morgan fingerprint density at radius 1 is 0.900 bits per heavy atom. The van der Waals surface area contributed by atoms with Crippen molar-refractivity contribution in [2.24, 2.45) is 5.73 Å². The maximum absolute atomic E-state index is 11.9. The predicted octanol–water partition coefficient (Wildman–Crippen LogP) is -2.60. The molecule has 12 heteroatoms. The SMILES string of the molecule is N[C@@H](Cc1ccccc1)C(=O)NCC(=O)NCC(=O)NCC(=O)N[C@@H](CS)C(=O)O. The number of benzene rings is 1. The fourth-order valence-electron chi connectivity index (χ4n) is 2.17. The Kier molecular flexibility index (Phi) is 10.9. The van der Waals surface area contributed by atoms with Gasteiger partial charge in [-0.25, -0.2) is 4.79 Å². The number of carboxylic acid groups (broad SMARTS) is 1. The number of nitrogens with two attached hydrogens (primary N) is 1. The lowest BCUT2D eigenvalue weighted by atomic mass is 10.1. The predicted molar refractivity (Wildman–Crippen MR) is 111 cm³/mol. The van der Waals surface area contributed by atoms with Gasteiger partial charge in [-0.15, -0.1) is 0 Å². The van der Waals surface area contributed by atoms with Crippen LogP contribution in [0.5, 0.6) is 0 Å². The van der Waals surface area contributed by atoms with Crippen LogP contribution in [-0.4, -0.2) is 72.2 Å². The van der Waals surface area contributed by atoms with Crippen LogP contribution >= 0.6 is 12.6 Å². The van der Waals surface area contributed by atoms with Crippen molar-refractivity contribution in [2.45, 2.75) is 18.5 Å². The van der Waals surface area contributed by atoms with Crippen molar-refractivity contribution >= 4 is 42.2 Å². The summed E-state index contributed by atoms with van der Waals surface area (Å²) in [5.74, 6) is -3.85. The Labute approximate surface area is 178 Å². The van der Waals surface area contributed by atoms with E-state index < -0.39 is 54.8 Å². The zero-order valence-electron chi connectivity index (χ0n) is 16.1. The number of amides is 4. The van der Waals surface area contributed by atoms with Crippen LogP contribution in [0.15, 0.2) is 30.3 Å². The topological polar surface area (TPSA) is 180 Å². The van der Waals surface area contributed by atoms with Gasteiger partial charge in [0.1, 0.15) is 6.04 Å². The molecule has 1 aromatic rings. The number of hydrogen-bond donors (Lipinski definition) is 7. The molecule has 0 saturated heterocycles. The number of carbonyl (C=O) groups is 5. The van der Waals surface area contributed by atoms with Crippen LogP contribution in [0.25, 0.3) is 0 Å². The molecule has 0 unspecified atom stereocenters. The third-order valence-electron chi connectivity index (χ3n) is 3.77. The molecule has 0 aromatic heterocycles. The van der Waals surface area contributed by atoms with Gasteiger partial charge < -0.3 is 32.1 Å². The summed E-state index contributed by atoms with van der Waals surface area (Å²) >= 11 is 3.80. The molecular formula is C18H25N5O6S. The van der Waals surface area contributed by atoms with E-state index in [1.807, 2.05) is 30.3 Å². The fraction of sp³-hybridized carbons (Fsp3) is 0.389. The van der Waals surface area contributed by atoms with Crippen LogP contribution < -0.4 is 27.0 Å². The number of nitrogens with one attached hydrogen (secondary N) is 4. The van der Waals surface area contributed by atoms with Crippen molar-refractivity contribution in [1.82, 2.24) is 21.3 Å². The van der Waals surface area contributed by atoms with Gasteiger partial charge >= 0.3 is 5.97 Å². The van der Waals surface area contributed by atoms with Crippen molar-refractivity contribution in [2.75, 3.05) is 25.4 Å². The first-order chi connectivity index (χ1) is 14.2. The fourth-order valence-corrected chi connectivity index (χ4v) is 2.42. The molecule has 0 aliphatic carbocycles. The van der Waals surface area contributed by atoms with Gasteiger partial charge in [0.05, 0.1) is 25.7 Å². The van der Waals surface area contributed by atoms with Crippen molar-refractivity contribution in [3.63, 3.8) is 0 Å². The summed E-state index contributed by atoms with van der Waals surface area (Å²) < 4.78 is 0. The van der Waals surface area contributed by atoms with Crippen molar-refractivity contribution in [3.8, 4) is 0 Å². The lowest BCUT2D eigenvalue weighted by Gasteiger charge is -2.13. The second kappa shape index (κ2) is 13.2. The lowest BCUT2D eigenvalue weighted by molar-refractivity contribution is -0.141. The largest absolute Gasteiger partial charge is 0.480 e. The molecule has 1 aromatic carbocycles. The first-order valence-corrected chi connectivity index (χ1v) is 9.59. The normalized spacial score (nSPS) is 12.2. The summed E-state index contributed by atoms with van der Waals surface area (Å²) in [6.45, 7) is -1.25. The van der Waals surface area contributed by atoms with Crippen molar-refractivity contribution in [1.29, 1.82) is 0 Å². The van der Waals surface area contributed by atoms with Gasteiger partial charge in [-0.1, -0.05) is 30.3 Å². The Morgan fingerprint density at radius 2 is 1.43 bits per heavy atom. The molecule has 0 heterocycles. The van der Waals surface area contributed by atoms with Crippen LogP contribution in [0.2, 0.25) is 0 Å². The minimum atomic E-state index is -1.25. The second-order valence-corrected chi connectivity index (χ2v) is 6.57. The summed E-state index contributed by atoms with van der Waals surface area (Å²) in [5, 5.41) is 17.9. The molecule has 30 heavy (non-hydrogen) atoms. The van der Waals surface area contributed by atoms with Crippen molar-refractivity contribution < 1.29 is 29.1 Å². The Balaban J connectivity index is 2.24. The van der Waals surface area contributed by atoms with E-state index in [1.54, 1.807) is 0 Å². The average Bonchev–Trinajstić information content (AvgIpc) is 2.73. The number of rotatable bonds is 12. The Hall–Kier alpha value is -3.12. The van der Waals surface area contributed by atoms with Crippen LogP contribution in [0, 0.1) is 0 Å². The van der Waals surface area contributed by atoms with Crippen LogP contribution in [-0.2, 0) is 30.4 Å². The van der Waals surface area contributed by atoms with Gasteiger partial charge in [0, 0.05) is 5.75 Å². The highest BCUT2D eigenvalue weighted by atomic mass is 32.1. The van der Waals surface area contributed by atoms with Gasteiger partial charge in [0.25, 0.3) is 0 Å². The summed E-state index contributed by atoms with van der Waals surface area (Å²) in [5.41, 5.74) is 6.69. The van der Waals surface area contributed by atoms with Gasteiger partial charge in [0.2, 0.25) is 23.6 Å². The van der Waals surface area contributed by atoms with E-state index in [0.29, 0.717) is 6.42 Å². The Morgan fingerprint density at radius 3 is 1.97 bits per heavy atom.